The van der Waals surface area contributed by atoms with Crippen LogP contribution in [-0.4, -0.2) is 30.2 Å². The van der Waals surface area contributed by atoms with Gasteiger partial charge in [0.25, 0.3) is 0 Å². The molecule has 0 unspecified atom stereocenters. The number of rotatable bonds is 7. The Hall–Kier alpha value is -4.14. The molecule has 0 fully saturated rings. The van der Waals surface area contributed by atoms with Crippen LogP contribution in [0.2, 0.25) is 0 Å². The first-order valence-electron chi connectivity index (χ1n) is 11.9. The molecule has 5 aromatic carbocycles. The standard InChI is InChI=1S/2C7H6O2.3C6H5.Sb/c2*8-7(9)6-4-2-1-3-5-6;3*1-2-4-6-5-3-1;/h2*1-5H,(H,8,9);3*1-5H;/q;;;;;+2/p-2. The van der Waals surface area contributed by atoms with Crippen LogP contribution in [0.3, 0.4) is 0 Å². The molecule has 0 aliphatic rings. The van der Waals surface area contributed by atoms with Gasteiger partial charge in [0.15, 0.2) is 0 Å². The number of carbonyl (C=O) groups excluding carboxylic acids is 2. The van der Waals surface area contributed by atoms with E-state index < -0.39 is 30.2 Å². The Morgan fingerprint density at radius 2 is 0.622 bits per heavy atom. The molecule has 0 heterocycles. The third kappa shape index (κ3) is 4.45. The molecule has 182 valence electrons. The summed E-state index contributed by atoms with van der Waals surface area (Å²) in [6, 6.07) is 45.8. The minimum atomic E-state index is -5.89. The van der Waals surface area contributed by atoms with Gasteiger partial charge in [0.2, 0.25) is 0 Å². The molecule has 5 aromatic rings. The number of benzene rings is 5. The fourth-order valence-electron chi connectivity index (χ4n) is 4.45. The van der Waals surface area contributed by atoms with Crippen molar-refractivity contribution in [2.45, 2.75) is 0 Å². The van der Waals surface area contributed by atoms with E-state index in [0.29, 0.717) is 21.7 Å². The molecule has 5 rings (SSSR count). The van der Waals surface area contributed by atoms with Crippen molar-refractivity contribution in [3.63, 3.8) is 0 Å². The van der Waals surface area contributed by atoms with Crippen molar-refractivity contribution in [3.05, 3.63) is 163 Å². The predicted molar refractivity (Wildman–Crippen MR) is 148 cm³/mol. The normalized spacial score (nSPS) is 12.1. The van der Waals surface area contributed by atoms with Gasteiger partial charge in [-0.25, -0.2) is 0 Å². The quantitative estimate of drug-likeness (QED) is 0.254. The summed E-state index contributed by atoms with van der Waals surface area (Å²) in [4.78, 5) is 27.9. The van der Waals surface area contributed by atoms with Crippen LogP contribution < -0.4 is 10.5 Å². The van der Waals surface area contributed by atoms with Crippen LogP contribution in [0.5, 0.6) is 0 Å². The molecule has 37 heavy (non-hydrogen) atoms. The minimum absolute atomic E-state index is 0.374. The van der Waals surface area contributed by atoms with E-state index in [1.807, 2.05) is 103 Å². The summed E-state index contributed by atoms with van der Waals surface area (Å²) >= 11 is -5.89. The van der Waals surface area contributed by atoms with Gasteiger partial charge in [0.1, 0.15) is 0 Å². The Bertz CT molecular complexity index is 1330. The molecule has 0 N–H and O–H groups in total. The van der Waals surface area contributed by atoms with Gasteiger partial charge >= 0.3 is 219 Å². The van der Waals surface area contributed by atoms with Gasteiger partial charge in [-0.3, -0.25) is 0 Å². The molecule has 0 saturated carbocycles. The molecule has 0 aliphatic heterocycles. The first kappa shape index (κ1) is 24.5. The molecule has 0 bridgehead atoms. The van der Waals surface area contributed by atoms with Crippen molar-refractivity contribution in [1.29, 1.82) is 0 Å². The third-order valence-corrected chi connectivity index (χ3v) is 19.7. The summed E-state index contributed by atoms with van der Waals surface area (Å²) in [6.07, 6.45) is 0. The van der Waals surface area contributed by atoms with Gasteiger partial charge in [-0.05, 0) is 0 Å². The van der Waals surface area contributed by atoms with E-state index >= 15 is 0 Å². The van der Waals surface area contributed by atoms with E-state index in [9.17, 15) is 9.59 Å². The Labute approximate surface area is 218 Å². The van der Waals surface area contributed by atoms with Crippen molar-refractivity contribution >= 4 is 40.7 Å². The maximum atomic E-state index is 13.9. The topological polar surface area (TPSA) is 52.6 Å². The van der Waals surface area contributed by atoms with Crippen molar-refractivity contribution in [2.75, 3.05) is 0 Å². The average molecular weight is 595 g/mol. The molecule has 0 spiro atoms. The zero-order chi connectivity index (χ0) is 25.6. The second-order valence-corrected chi connectivity index (χ2v) is 19.4. The first-order valence-corrected chi connectivity index (χ1v) is 17.8. The molecule has 0 atom stereocenters. The summed E-state index contributed by atoms with van der Waals surface area (Å²) in [5, 5.41) is 0. The summed E-state index contributed by atoms with van der Waals surface area (Å²) in [6.45, 7) is 0. The molecule has 0 radical (unpaired) electrons. The molecule has 0 saturated heterocycles. The summed E-state index contributed by atoms with van der Waals surface area (Å²) < 4.78 is 15.6. The van der Waals surface area contributed by atoms with Gasteiger partial charge < -0.3 is 0 Å². The van der Waals surface area contributed by atoms with Crippen LogP contribution in [0.1, 0.15) is 20.7 Å². The van der Waals surface area contributed by atoms with Crippen molar-refractivity contribution < 1.29 is 15.6 Å². The molecular formula is C32H25O4Sb. The van der Waals surface area contributed by atoms with Gasteiger partial charge in [0.05, 0.1) is 0 Å². The van der Waals surface area contributed by atoms with E-state index in [2.05, 4.69) is 0 Å². The van der Waals surface area contributed by atoms with E-state index in [1.165, 1.54) is 0 Å². The van der Waals surface area contributed by atoms with Gasteiger partial charge in [0, 0.05) is 0 Å². The van der Waals surface area contributed by atoms with E-state index in [1.54, 1.807) is 48.5 Å². The second kappa shape index (κ2) is 10.5. The Morgan fingerprint density at radius 3 is 0.892 bits per heavy atom. The van der Waals surface area contributed by atoms with Gasteiger partial charge in [-0.1, -0.05) is 0 Å². The Morgan fingerprint density at radius 1 is 0.378 bits per heavy atom. The van der Waals surface area contributed by atoms with Crippen molar-refractivity contribution in [2.24, 2.45) is 0 Å². The van der Waals surface area contributed by atoms with Crippen LogP contribution in [0, 0.1) is 0 Å². The van der Waals surface area contributed by atoms with E-state index in [4.69, 9.17) is 6.03 Å². The fourth-order valence-corrected chi connectivity index (χ4v) is 17.4. The van der Waals surface area contributed by atoms with E-state index in [-0.39, 0.29) is 0 Å². The molecule has 4 nitrogen and oxygen atoms in total. The predicted octanol–water partition coefficient (Wildman–Crippen LogP) is 4.82. The Balaban J connectivity index is 1.88. The van der Waals surface area contributed by atoms with Crippen molar-refractivity contribution in [1.82, 2.24) is 0 Å². The van der Waals surface area contributed by atoms with Gasteiger partial charge in [-0.2, -0.15) is 0 Å². The van der Waals surface area contributed by atoms with E-state index in [0.717, 1.165) is 0 Å². The first-order chi connectivity index (χ1) is 18.1. The summed E-state index contributed by atoms with van der Waals surface area (Å²) in [5.41, 5.74) is 0.749. The summed E-state index contributed by atoms with van der Waals surface area (Å²) in [7, 11) is 0. The average Bonchev–Trinajstić information content (AvgIpc) is 2.99. The second-order valence-electron chi connectivity index (χ2n) is 8.45. The third-order valence-electron chi connectivity index (χ3n) is 6.21. The van der Waals surface area contributed by atoms with Crippen LogP contribution >= 0.6 is 0 Å². The maximum absolute atomic E-state index is 13.9. The number of hydrogen-bond donors (Lipinski definition) is 0. The van der Waals surface area contributed by atoms with Crippen LogP contribution in [0.25, 0.3) is 0 Å². The van der Waals surface area contributed by atoms with Crippen molar-refractivity contribution in [3.8, 4) is 0 Å². The van der Waals surface area contributed by atoms with Gasteiger partial charge in [-0.15, -0.1) is 0 Å². The fraction of sp³-hybridized carbons (Fsp3) is 0. The van der Waals surface area contributed by atoms with Crippen LogP contribution in [0.4, 0.5) is 0 Å². The zero-order valence-electron chi connectivity index (χ0n) is 20.0. The Kier molecular flexibility index (Phi) is 6.94. The van der Waals surface area contributed by atoms with Crippen LogP contribution in [0.15, 0.2) is 152 Å². The molecule has 5 heteroatoms. The zero-order valence-corrected chi connectivity index (χ0v) is 22.6. The summed E-state index contributed by atoms with van der Waals surface area (Å²) in [5.74, 6) is -1.11. The molecule has 0 aliphatic carbocycles. The number of carbonyl (C=O) groups is 2. The van der Waals surface area contributed by atoms with Crippen LogP contribution in [-0.2, 0) is 6.03 Å². The SMILES string of the molecule is O=C([O][Sb]([O]C(=O)c1ccccc1)([c]1ccccc1)([c]1ccccc1)[c]1ccccc1)c1ccccc1. The molecular weight excluding hydrogens is 570 g/mol. The molecule has 0 amide bonds. The number of hydrogen-bond acceptors (Lipinski definition) is 4. The monoisotopic (exact) mass is 594 g/mol. The molecule has 0 aromatic heterocycles.